The van der Waals surface area contributed by atoms with Crippen LogP contribution in [0, 0.1) is 18.6 Å². The molecule has 0 unspecified atom stereocenters. The van der Waals surface area contributed by atoms with E-state index in [-0.39, 0.29) is 28.4 Å². The number of nitrogen functional groups attached to an aromatic ring is 1. The molecule has 0 atom stereocenters. The Kier molecular flexibility index (Phi) is 6.18. The molecule has 150 valence electrons. The van der Waals surface area contributed by atoms with Gasteiger partial charge < -0.3 is 16.4 Å². The monoisotopic (exact) mass is 416 g/mol. The van der Waals surface area contributed by atoms with E-state index in [9.17, 15) is 18.4 Å². The van der Waals surface area contributed by atoms with Gasteiger partial charge in [0.05, 0.1) is 5.69 Å². The SMILES string of the molecule is Cc1ccc(CNC(=O)c2nsc(C(=O)NCc3ccc(F)cc3F)c2N)cc1. The summed E-state index contributed by atoms with van der Waals surface area (Å²) in [6.45, 7) is 2.11. The van der Waals surface area contributed by atoms with Crippen molar-refractivity contribution in [3.8, 4) is 0 Å². The lowest BCUT2D eigenvalue weighted by Gasteiger charge is -2.06. The summed E-state index contributed by atoms with van der Waals surface area (Å²) in [6.07, 6.45) is 0. The fourth-order valence-electron chi connectivity index (χ4n) is 2.52. The number of hydrogen-bond donors (Lipinski definition) is 3. The molecule has 0 saturated heterocycles. The molecule has 4 N–H and O–H groups in total. The number of halogens is 2. The van der Waals surface area contributed by atoms with Gasteiger partial charge >= 0.3 is 0 Å². The number of carbonyl (C=O) groups is 2. The first-order valence-electron chi connectivity index (χ1n) is 8.66. The highest BCUT2D eigenvalue weighted by atomic mass is 32.1. The van der Waals surface area contributed by atoms with Crippen LogP contribution >= 0.6 is 11.5 Å². The molecule has 1 heterocycles. The molecule has 3 rings (SSSR count). The van der Waals surface area contributed by atoms with Crippen molar-refractivity contribution in [2.24, 2.45) is 0 Å². The summed E-state index contributed by atoms with van der Waals surface area (Å²) in [7, 11) is 0. The minimum absolute atomic E-state index is 0.0415. The Morgan fingerprint density at radius 2 is 1.72 bits per heavy atom. The van der Waals surface area contributed by atoms with Gasteiger partial charge in [-0.05, 0) is 30.1 Å². The molecule has 9 heteroatoms. The lowest BCUT2D eigenvalue weighted by atomic mass is 10.1. The summed E-state index contributed by atoms with van der Waals surface area (Å²) in [5.41, 5.74) is 7.98. The Bertz CT molecular complexity index is 1050. The molecule has 0 aliphatic heterocycles. The zero-order valence-electron chi connectivity index (χ0n) is 15.5. The highest BCUT2D eigenvalue weighted by Gasteiger charge is 2.22. The van der Waals surface area contributed by atoms with Crippen LogP contribution in [0.2, 0.25) is 0 Å². The van der Waals surface area contributed by atoms with Crippen molar-refractivity contribution in [2.45, 2.75) is 20.0 Å². The van der Waals surface area contributed by atoms with E-state index in [1.165, 1.54) is 6.07 Å². The van der Waals surface area contributed by atoms with Gasteiger partial charge in [-0.1, -0.05) is 35.9 Å². The number of amides is 2. The zero-order chi connectivity index (χ0) is 21.0. The maximum absolute atomic E-state index is 13.7. The summed E-state index contributed by atoms with van der Waals surface area (Å²) < 4.78 is 30.6. The van der Waals surface area contributed by atoms with E-state index in [2.05, 4.69) is 15.0 Å². The Labute approximate surface area is 169 Å². The number of anilines is 1. The maximum Gasteiger partial charge on any atom is 0.273 e. The van der Waals surface area contributed by atoms with Crippen LogP contribution in [0.25, 0.3) is 0 Å². The lowest BCUT2D eigenvalue weighted by Crippen LogP contribution is -2.25. The van der Waals surface area contributed by atoms with Crippen molar-refractivity contribution in [3.05, 3.63) is 81.4 Å². The third kappa shape index (κ3) is 4.94. The Balaban J connectivity index is 1.62. The molecule has 0 saturated carbocycles. The summed E-state index contributed by atoms with van der Waals surface area (Å²) >= 11 is 0.776. The molecular weight excluding hydrogens is 398 g/mol. The second-order valence-electron chi connectivity index (χ2n) is 6.36. The van der Waals surface area contributed by atoms with Crippen LogP contribution in [0.4, 0.5) is 14.5 Å². The average Bonchev–Trinajstić information content (AvgIpc) is 3.08. The van der Waals surface area contributed by atoms with Crippen LogP contribution in [0.15, 0.2) is 42.5 Å². The van der Waals surface area contributed by atoms with Crippen LogP contribution in [0.3, 0.4) is 0 Å². The van der Waals surface area contributed by atoms with Crippen molar-refractivity contribution < 1.29 is 18.4 Å². The van der Waals surface area contributed by atoms with Gasteiger partial charge in [-0.15, -0.1) is 0 Å². The summed E-state index contributed by atoms with van der Waals surface area (Å²) in [4.78, 5) is 24.7. The molecule has 3 aromatic rings. The fourth-order valence-corrected chi connectivity index (χ4v) is 3.23. The molecular formula is C20H18F2N4O2S. The van der Waals surface area contributed by atoms with E-state index >= 15 is 0 Å². The molecule has 0 bridgehead atoms. The van der Waals surface area contributed by atoms with Crippen molar-refractivity contribution in [1.29, 1.82) is 0 Å². The summed E-state index contributed by atoms with van der Waals surface area (Å²) in [5, 5.41) is 5.20. The van der Waals surface area contributed by atoms with E-state index in [1.807, 2.05) is 31.2 Å². The maximum atomic E-state index is 13.7. The number of hydrogen-bond acceptors (Lipinski definition) is 5. The first-order chi connectivity index (χ1) is 13.8. The van der Waals surface area contributed by atoms with Crippen LogP contribution < -0.4 is 16.4 Å². The largest absolute Gasteiger partial charge is 0.395 e. The van der Waals surface area contributed by atoms with Crippen LogP contribution in [0.1, 0.15) is 36.9 Å². The number of carbonyl (C=O) groups excluding carboxylic acids is 2. The molecule has 2 aromatic carbocycles. The predicted octanol–water partition coefficient (Wildman–Crippen LogP) is 3.17. The topological polar surface area (TPSA) is 97.1 Å². The Morgan fingerprint density at radius 1 is 1.03 bits per heavy atom. The third-order valence-corrected chi connectivity index (χ3v) is 5.04. The highest BCUT2D eigenvalue weighted by Crippen LogP contribution is 2.22. The van der Waals surface area contributed by atoms with Gasteiger partial charge in [0.2, 0.25) is 0 Å². The molecule has 0 aliphatic rings. The van der Waals surface area contributed by atoms with Crippen molar-refractivity contribution in [1.82, 2.24) is 15.0 Å². The van der Waals surface area contributed by atoms with Crippen LogP contribution in [-0.4, -0.2) is 16.2 Å². The molecule has 1 aromatic heterocycles. The van der Waals surface area contributed by atoms with E-state index in [0.717, 1.165) is 34.8 Å². The standard InChI is InChI=1S/C20H18F2N4O2S/c1-11-2-4-12(5-3-11)9-24-19(27)17-16(23)18(29-26-17)20(28)25-10-13-6-7-14(21)8-15(13)22/h2-8H,9-10,23H2,1H3,(H,24,27)(H,25,28). The van der Waals surface area contributed by atoms with Crippen LogP contribution in [-0.2, 0) is 13.1 Å². The number of benzene rings is 2. The minimum atomic E-state index is -0.765. The van der Waals surface area contributed by atoms with Gasteiger partial charge in [-0.3, -0.25) is 9.59 Å². The fraction of sp³-hybridized carbons (Fsp3) is 0.150. The molecule has 0 radical (unpaired) electrons. The number of aryl methyl sites for hydroxylation is 1. The second-order valence-corrected chi connectivity index (χ2v) is 7.13. The number of nitrogens with one attached hydrogen (secondary N) is 2. The predicted molar refractivity (Wildman–Crippen MR) is 106 cm³/mol. The summed E-state index contributed by atoms with van der Waals surface area (Å²) in [6, 6.07) is 10.7. The van der Waals surface area contributed by atoms with Gasteiger partial charge in [0.1, 0.15) is 16.5 Å². The van der Waals surface area contributed by atoms with Crippen molar-refractivity contribution in [3.63, 3.8) is 0 Å². The normalized spacial score (nSPS) is 10.6. The Hall–Kier alpha value is -3.33. The molecule has 29 heavy (non-hydrogen) atoms. The molecule has 0 spiro atoms. The van der Waals surface area contributed by atoms with Gasteiger partial charge in [-0.25, -0.2) is 8.78 Å². The van der Waals surface area contributed by atoms with Gasteiger partial charge in [0, 0.05) is 24.7 Å². The van der Waals surface area contributed by atoms with Gasteiger partial charge in [-0.2, -0.15) is 4.37 Å². The quantitative estimate of drug-likeness (QED) is 0.575. The summed E-state index contributed by atoms with van der Waals surface area (Å²) in [5.74, 6) is -2.56. The van der Waals surface area contributed by atoms with Crippen LogP contribution in [0.5, 0.6) is 0 Å². The average molecular weight is 416 g/mol. The first-order valence-corrected chi connectivity index (χ1v) is 9.43. The van der Waals surface area contributed by atoms with E-state index in [4.69, 9.17) is 5.73 Å². The Morgan fingerprint density at radius 3 is 2.41 bits per heavy atom. The number of nitrogens with two attached hydrogens (primary N) is 1. The molecule has 0 fully saturated rings. The van der Waals surface area contributed by atoms with E-state index in [0.29, 0.717) is 6.54 Å². The molecule has 0 aliphatic carbocycles. The lowest BCUT2D eigenvalue weighted by molar-refractivity contribution is 0.0946. The number of rotatable bonds is 6. The number of aromatic nitrogens is 1. The molecule has 2 amide bonds. The van der Waals surface area contributed by atoms with E-state index in [1.54, 1.807) is 0 Å². The number of nitrogens with zero attached hydrogens (tertiary/aromatic N) is 1. The van der Waals surface area contributed by atoms with Crippen molar-refractivity contribution >= 4 is 29.0 Å². The minimum Gasteiger partial charge on any atom is -0.395 e. The van der Waals surface area contributed by atoms with Crippen molar-refractivity contribution in [2.75, 3.05) is 5.73 Å². The van der Waals surface area contributed by atoms with E-state index < -0.39 is 23.4 Å². The smallest absolute Gasteiger partial charge is 0.273 e. The third-order valence-electron chi connectivity index (χ3n) is 4.18. The first kappa shape index (κ1) is 20.4. The van der Waals surface area contributed by atoms with Gasteiger partial charge in [0.15, 0.2) is 5.69 Å². The second kappa shape index (κ2) is 8.78. The van der Waals surface area contributed by atoms with Gasteiger partial charge in [0.25, 0.3) is 11.8 Å². The zero-order valence-corrected chi connectivity index (χ0v) is 16.3. The highest BCUT2D eigenvalue weighted by molar-refractivity contribution is 7.09. The molecule has 6 nitrogen and oxygen atoms in total.